The van der Waals surface area contributed by atoms with Crippen LogP contribution in [0, 0.1) is 11.8 Å². The molecule has 2 atom stereocenters. The van der Waals surface area contributed by atoms with Crippen LogP contribution in [-0.4, -0.2) is 48.8 Å². The van der Waals surface area contributed by atoms with E-state index in [-0.39, 0.29) is 0 Å². The fraction of sp³-hybridized carbons (Fsp3) is 1.00. The van der Waals surface area contributed by atoms with Gasteiger partial charge < -0.3 is 0 Å². The highest BCUT2D eigenvalue weighted by Crippen LogP contribution is 2.29. The standard InChI is InChI=1S/C9H16F3N3/c10-9(11,12)6-14-2-7-1-8(3-14)5-15(13)4-7/h7-8H,1-6,13H2. The van der Waals surface area contributed by atoms with Crippen LogP contribution >= 0.6 is 0 Å². The highest BCUT2D eigenvalue weighted by Gasteiger charge is 2.38. The lowest BCUT2D eigenvalue weighted by Gasteiger charge is -2.44. The third-order valence-electron chi connectivity index (χ3n) is 3.09. The van der Waals surface area contributed by atoms with Gasteiger partial charge in [0.05, 0.1) is 6.54 Å². The minimum absolute atomic E-state index is 0.310. The van der Waals surface area contributed by atoms with E-state index in [0.29, 0.717) is 24.9 Å². The summed E-state index contributed by atoms with van der Waals surface area (Å²) in [4.78, 5) is 1.52. The van der Waals surface area contributed by atoms with Crippen LogP contribution in [0.25, 0.3) is 0 Å². The summed E-state index contributed by atoms with van der Waals surface area (Å²) in [6.45, 7) is 1.74. The fourth-order valence-corrected chi connectivity index (χ4v) is 2.81. The first kappa shape index (κ1) is 11.2. The van der Waals surface area contributed by atoms with Crippen molar-refractivity contribution in [1.82, 2.24) is 9.91 Å². The van der Waals surface area contributed by atoms with Crippen LogP contribution in [-0.2, 0) is 0 Å². The van der Waals surface area contributed by atoms with Gasteiger partial charge in [-0.05, 0) is 18.3 Å². The van der Waals surface area contributed by atoms with Crippen LogP contribution < -0.4 is 5.84 Å². The first-order valence-corrected chi connectivity index (χ1v) is 5.21. The second-order valence-electron chi connectivity index (χ2n) is 4.73. The van der Waals surface area contributed by atoms with Crippen molar-refractivity contribution in [2.24, 2.45) is 17.7 Å². The number of halogens is 3. The molecule has 2 unspecified atom stereocenters. The second kappa shape index (κ2) is 3.92. The summed E-state index contributed by atoms with van der Waals surface area (Å²) in [6.07, 6.45) is -3.05. The number of fused-ring (bicyclic) bond motifs is 2. The molecular weight excluding hydrogens is 207 g/mol. The maximum Gasteiger partial charge on any atom is 0.401 e. The molecule has 2 aliphatic rings. The summed E-state index contributed by atoms with van der Waals surface area (Å²) in [5.74, 6) is 6.31. The first-order valence-electron chi connectivity index (χ1n) is 5.21. The van der Waals surface area contributed by atoms with Crippen LogP contribution in [0.2, 0.25) is 0 Å². The number of hydrazine groups is 1. The molecule has 2 aliphatic heterocycles. The predicted octanol–water partition coefficient (Wildman–Crippen LogP) is 0.676. The molecule has 2 heterocycles. The van der Waals surface area contributed by atoms with Crippen LogP contribution in [0.4, 0.5) is 13.2 Å². The summed E-state index contributed by atoms with van der Waals surface area (Å²) in [6, 6.07) is 0. The normalized spacial score (nSPS) is 34.4. The molecular formula is C9H16F3N3. The number of alkyl halides is 3. The number of likely N-dealkylation sites (tertiary alicyclic amines) is 1. The Hall–Kier alpha value is -0.330. The van der Waals surface area contributed by atoms with E-state index in [0.717, 1.165) is 19.5 Å². The molecule has 2 rings (SSSR count). The third-order valence-corrected chi connectivity index (χ3v) is 3.09. The van der Waals surface area contributed by atoms with E-state index in [1.807, 2.05) is 0 Å². The Morgan fingerprint density at radius 2 is 1.60 bits per heavy atom. The molecule has 88 valence electrons. The molecule has 2 bridgehead atoms. The van der Waals surface area contributed by atoms with E-state index in [1.54, 1.807) is 5.01 Å². The Morgan fingerprint density at radius 3 is 2.07 bits per heavy atom. The maximum absolute atomic E-state index is 12.2. The number of hydrogen-bond donors (Lipinski definition) is 1. The van der Waals surface area contributed by atoms with Crippen molar-refractivity contribution in [3.63, 3.8) is 0 Å². The summed E-state index contributed by atoms with van der Waals surface area (Å²) < 4.78 is 36.6. The van der Waals surface area contributed by atoms with Crippen molar-refractivity contribution in [2.45, 2.75) is 12.6 Å². The molecule has 6 heteroatoms. The molecule has 2 fully saturated rings. The number of nitrogens with zero attached hydrogens (tertiary/aromatic N) is 2. The van der Waals surface area contributed by atoms with Crippen LogP contribution in [0.5, 0.6) is 0 Å². The molecule has 15 heavy (non-hydrogen) atoms. The van der Waals surface area contributed by atoms with Crippen molar-refractivity contribution < 1.29 is 13.2 Å². The minimum atomic E-state index is -4.08. The van der Waals surface area contributed by atoms with Gasteiger partial charge in [-0.1, -0.05) is 0 Å². The number of rotatable bonds is 1. The Balaban J connectivity index is 1.91. The molecule has 0 amide bonds. The SMILES string of the molecule is NN1CC2CC(C1)CN(CC(F)(F)F)C2. The number of hydrogen-bond acceptors (Lipinski definition) is 3. The Morgan fingerprint density at radius 1 is 1.07 bits per heavy atom. The average molecular weight is 223 g/mol. The van der Waals surface area contributed by atoms with E-state index in [9.17, 15) is 13.2 Å². The van der Waals surface area contributed by atoms with Gasteiger partial charge in [-0.3, -0.25) is 10.7 Å². The van der Waals surface area contributed by atoms with Gasteiger partial charge in [-0.2, -0.15) is 13.2 Å². The first-order chi connectivity index (χ1) is 6.92. The maximum atomic E-state index is 12.2. The van der Waals surface area contributed by atoms with E-state index >= 15 is 0 Å². The Kier molecular flexibility index (Phi) is 2.92. The van der Waals surface area contributed by atoms with Crippen LogP contribution in [0.3, 0.4) is 0 Å². The van der Waals surface area contributed by atoms with Crippen molar-refractivity contribution in [3.05, 3.63) is 0 Å². The van der Waals surface area contributed by atoms with Gasteiger partial charge in [0.15, 0.2) is 0 Å². The van der Waals surface area contributed by atoms with Crippen molar-refractivity contribution >= 4 is 0 Å². The molecule has 0 saturated carbocycles. The quantitative estimate of drug-likeness (QED) is 0.663. The predicted molar refractivity (Wildman–Crippen MR) is 49.9 cm³/mol. The van der Waals surface area contributed by atoms with E-state index in [2.05, 4.69) is 0 Å². The van der Waals surface area contributed by atoms with Gasteiger partial charge in [0.2, 0.25) is 0 Å². The number of nitrogens with two attached hydrogens (primary N) is 1. The van der Waals surface area contributed by atoms with Gasteiger partial charge >= 0.3 is 6.18 Å². The van der Waals surface area contributed by atoms with E-state index in [1.165, 1.54) is 4.90 Å². The zero-order chi connectivity index (χ0) is 11.1. The molecule has 0 aromatic rings. The van der Waals surface area contributed by atoms with Crippen molar-refractivity contribution in [1.29, 1.82) is 0 Å². The average Bonchev–Trinajstić information content (AvgIpc) is 1.96. The summed E-state index contributed by atoms with van der Waals surface area (Å²) >= 11 is 0. The van der Waals surface area contributed by atoms with E-state index < -0.39 is 12.7 Å². The molecule has 3 nitrogen and oxygen atoms in total. The third kappa shape index (κ3) is 3.06. The van der Waals surface area contributed by atoms with Crippen molar-refractivity contribution in [3.8, 4) is 0 Å². The lowest BCUT2D eigenvalue weighted by atomic mass is 9.85. The topological polar surface area (TPSA) is 32.5 Å². The van der Waals surface area contributed by atoms with Crippen LogP contribution in [0.15, 0.2) is 0 Å². The molecule has 0 aromatic carbocycles. The van der Waals surface area contributed by atoms with Gasteiger partial charge in [0.25, 0.3) is 0 Å². The minimum Gasteiger partial charge on any atom is -0.294 e. The van der Waals surface area contributed by atoms with E-state index in [4.69, 9.17) is 5.84 Å². The smallest absolute Gasteiger partial charge is 0.294 e. The molecule has 0 spiro atoms. The van der Waals surface area contributed by atoms with Gasteiger partial charge in [-0.15, -0.1) is 0 Å². The van der Waals surface area contributed by atoms with Gasteiger partial charge in [0.1, 0.15) is 0 Å². The second-order valence-corrected chi connectivity index (χ2v) is 4.73. The van der Waals surface area contributed by atoms with Crippen molar-refractivity contribution in [2.75, 3.05) is 32.7 Å². The highest BCUT2D eigenvalue weighted by atomic mass is 19.4. The summed E-state index contributed by atoms with van der Waals surface area (Å²) in [7, 11) is 0. The van der Waals surface area contributed by atoms with Crippen LogP contribution in [0.1, 0.15) is 6.42 Å². The molecule has 0 aromatic heterocycles. The number of piperidine rings is 2. The lowest BCUT2D eigenvalue weighted by molar-refractivity contribution is -0.154. The monoisotopic (exact) mass is 223 g/mol. The summed E-state index contributed by atoms with van der Waals surface area (Å²) in [5.41, 5.74) is 0. The molecule has 0 aliphatic carbocycles. The lowest BCUT2D eigenvalue weighted by Crippen LogP contribution is -2.55. The highest BCUT2D eigenvalue weighted by molar-refractivity contribution is 4.86. The zero-order valence-electron chi connectivity index (χ0n) is 8.50. The largest absolute Gasteiger partial charge is 0.401 e. The fourth-order valence-electron chi connectivity index (χ4n) is 2.81. The summed E-state index contributed by atoms with van der Waals surface area (Å²) in [5, 5.41) is 1.74. The molecule has 2 saturated heterocycles. The molecule has 2 N–H and O–H groups in total. The Labute approximate surface area is 87.0 Å². The Bertz CT molecular complexity index is 213. The van der Waals surface area contributed by atoms with Gasteiger partial charge in [-0.25, -0.2) is 5.01 Å². The van der Waals surface area contributed by atoms with Gasteiger partial charge in [0, 0.05) is 26.2 Å². The molecule has 0 radical (unpaired) electrons. The zero-order valence-corrected chi connectivity index (χ0v) is 8.50.